The third-order valence-electron chi connectivity index (χ3n) is 3.68. The summed E-state index contributed by atoms with van der Waals surface area (Å²) >= 11 is 0. The summed E-state index contributed by atoms with van der Waals surface area (Å²) in [5, 5.41) is 3.54. The molecule has 2 rings (SSSR count). The van der Waals surface area contributed by atoms with Gasteiger partial charge in [0, 0.05) is 38.1 Å². The Morgan fingerprint density at radius 2 is 2.26 bits per heavy atom. The Labute approximate surface area is 116 Å². The van der Waals surface area contributed by atoms with Crippen LogP contribution >= 0.6 is 0 Å². The highest BCUT2D eigenvalue weighted by atomic mass is 16.5. The minimum Gasteiger partial charge on any atom is -0.469 e. The molecule has 0 spiro atoms. The van der Waals surface area contributed by atoms with Crippen LogP contribution in [-0.4, -0.2) is 49.3 Å². The summed E-state index contributed by atoms with van der Waals surface area (Å²) in [6.45, 7) is 10.5. The number of morpholine rings is 1. The van der Waals surface area contributed by atoms with E-state index in [1.54, 1.807) is 6.26 Å². The van der Waals surface area contributed by atoms with E-state index >= 15 is 0 Å². The summed E-state index contributed by atoms with van der Waals surface area (Å²) in [6, 6.07) is 4.97. The van der Waals surface area contributed by atoms with Gasteiger partial charge in [-0.15, -0.1) is 0 Å². The van der Waals surface area contributed by atoms with E-state index in [-0.39, 0.29) is 0 Å². The fourth-order valence-electron chi connectivity index (χ4n) is 2.47. The van der Waals surface area contributed by atoms with Crippen LogP contribution in [0.1, 0.15) is 26.5 Å². The maximum Gasteiger partial charge on any atom is 0.105 e. The van der Waals surface area contributed by atoms with Crippen LogP contribution in [0.25, 0.3) is 0 Å². The van der Waals surface area contributed by atoms with E-state index in [4.69, 9.17) is 9.15 Å². The molecule has 0 aromatic carbocycles. The fourth-order valence-corrected chi connectivity index (χ4v) is 2.47. The summed E-state index contributed by atoms with van der Waals surface area (Å²) in [7, 11) is 0. The van der Waals surface area contributed by atoms with Crippen molar-refractivity contribution < 1.29 is 9.15 Å². The standard InChI is InChI=1S/C15H26N2O2/c1-12(2)17-6-8-19-15(11-17)10-16-13(3)9-14-5-4-7-18-14/h4-5,7,12-13,15-16H,6,8-11H2,1-3H3. The third-order valence-corrected chi connectivity index (χ3v) is 3.68. The van der Waals surface area contributed by atoms with Crippen LogP contribution < -0.4 is 5.32 Å². The monoisotopic (exact) mass is 266 g/mol. The zero-order valence-corrected chi connectivity index (χ0v) is 12.3. The Bertz CT molecular complexity index is 351. The second-order valence-electron chi connectivity index (χ2n) is 5.67. The second kappa shape index (κ2) is 7.08. The Morgan fingerprint density at radius 3 is 2.95 bits per heavy atom. The van der Waals surface area contributed by atoms with Gasteiger partial charge in [0.25, 0.3) is 0 Å². The molecule has 1 N–H and O–H groups in total. The molecule has 1 fully saturated rings. The molecule has 2 atom stereocenters. The number of hydrogen-bond donors (Lipinski definition) is 1. The molecule has 0 amide bonds. The Morgan fingerprint density at radius 1 is 1.42 bits per heavy atom. The van der Waals surface area contributed by atoms with E-state index in [1.165, 1.54) is 0 Å². The van der Waals surface area contributed by atoms with Crippen molar-refractivity contribution in [3.05, 3.63) is 24.2 Å². The first-order valence-corrected chi connectivity index (χ1v) is 7.26. The van der Waals surface area contributed by atoms with E-state index in [0.29, 0.717) is 18.2 Å². The van der Waals surface area contributed by atoms with Crippen molar-refractivity contribution in [2.24, 2.45) is 0 Å². The lowest BCUT2D eigenvalue weighted by molar-refractivity contribution is -0.0379. The predicted octanol–water partition coefficient (Wildman–Crippen LogP) is 1.91. The molecular weight excluding hydrogens is 240 g/mol. The number of nitrogens with zero attached hydrogens (tertiary/aromatic N) is 1. The first kappa shape index (κ1) is 14.6. The van der Waals surface area contributed by atoms with E-state index in [1.807, 2.05) is 12.1 Å². The average molecular weight is 266 g/mol. The van der Waals surface area contributed by atoms with Gasteiger partial charge in [-0.25, -0.2) is 0 Å². The van der Waals surface area contributed by atoms with Crippen LogP contribution in [0.3, 0.4) is 0 Å². The van der Waals surface area contributed by atoms with Crippen molar-refractivity contribution >= 4 is 0 Å². The van der Waals surface area contributed by atoms with Gasteiger partial charge in [0.2, 0.25) is 0 Å². The molecule has 19 heavy (non-hydrogen) atoms. The number of rotatable bonds is 6. The Balaban J connectivity index is 1.69. The van der Waals surface area contributed by atoms with E-state index in [9.17, 15) is 0 Å². The molecule has 2 unspecified atom stereocenters. The summed E-state index contributed by atoms with van der Waals surface area (Å²) in [6.07, 6.45) is 2.95. The molecule has 0 bridgehead atoms. The predicted molar refractivity (Wildman–Crippen MR) is 76.3 cm³/mol. The fraction of sp³-hybridized carbons (Fsp3) is 0.733. The molecule has 0 saturated carbocycles. The van der Waals surface area contributed by atoms with Gasteiger partial charge in [-0.2, -0.15) is 0 Å². The first-order chi connectivity index (χ1) is 9.15. The molecule has 1 aliphatic rings. The molecule has 108 valence electrons. The van der Waals surface area contributed by atoms with E-state index in [2.05, 4.69) is 31.0 Å². The van der Waals surface area contributed by atoms with Crippen molar-refractivity contribution in [3.8, 4) is 0 Å². The van der Waals surface area contributed by atoms with Crippen LogP contribution in [0.4, 0.5) is 0 Å². The Hall–Kier alpha value is -0.840. The van der Waals surface area contributed by atoms with Gasteiger partial charge < -0.3 is 14.5 Å². The van der Waals surface area contributed by atoms with E-state index in [0.717, 1.165) is 38.4 Å². The molecule has 2 heterocycles. The van der Waals surface area contributed by atoms with Crippen LogP contribution in [0.5, 0.6) is 0 Å². The Kier molecular flexibility index (Phi) is 5.43. The molecular formula is C15H26N2O2. The maximum atomic E-state index is 5.82. The summed E-state index contributed by atoms with van der Waals surface area (Å²) < 4.78 is 11.2. The van der Waals surface area contributed by atoms with Crippen molar-refractivity contribution in [3.63, 3.8) is 0 Å². The average Bonchev–Trinajstić information content (AvgIpc) is 2.89. The van der Waals surface area contributed by atoms with Crippen molar-refractivity contribution in [1.82, 2.24) is 10.2 Å². The highest BCUT2D eigenvalue weighted by Crippen LogP contribution is 2.09. The molecule has 4 heteroatoms. The lowest BCUT2D eigenvalue weighted by Crippen LogP contribution is -2.50. The molecule has 1 aromatic heterocycles. The largest absolute Gasteiger partial charge is 0.469 e. The van der Waals surface area contributed by atoms with Gasteiger partial charge in [-0.3, -0.25) is 4.90 Å². The molecule has 1 aromatic rings. The quantitative estimate of drug-likeness (QED) is 0.853. The number of furan rings is 1. The minimum atomic E-state index is 0.301. The highest BCUT2D eigenvalue weighted by molar-refractivity contribution is 5.00. The lowest BCUT2D eigenvalue weighted by Gasteiger charge is -2.36. The number of ether oxygens (including phenoxy) is 1. The van der Waals surface area contributed by atoms with Gasteiger partial charge in [0.1, 0.15) is 5.76 Å². The summed E-state index contributed by atoms with van der Waals surface area (Å²) in [5.74, 6) is 1.04. The van der Waals surface area contributed by atoms with E-state index < -0.39 is 0 Å². The van der Waals surface area contributed by atoms with Crippen LogP contribution in [-0.2, 0) is 11.2 Å². The number of nitrogens with one attached hydrogen (secondary N) is 1. The molecule has 0 aliphatic carbocycles. The smallest absolute Gasteiger partial charge is 0.105 e. The van der Waals surface area contributed by atoms with Gasteiger partial charge >= 0.3 is 0 Å². The summed E-state index contributed by atoms with van der Waals surface area (Å²) in [5.41, 5.74) is 0. The normalized spacial score (nSPS) is 22.8. The van der Waals surface area contributed by atoms with Crippen LogP contribution in [0.15, 0.2) is 22.8 Å². The zero-order chi connectivity index (χ0) is 13.7. The minimum absolute atomic E-state index is 0.301. The first-order valence-electron chi connectivity index (χ1n) is 7.26. The lowest BCUT2D eigenvalue weighted by atomic mass is 10.1. The van der Waals surface area contributed by atoms with Crippen LogP contribution in [0.2, 0.25) is 0 Å². The van der Waals surface area contributed by atoms with Crippen molar-refractivity contribution in [2.45, 2.75) is 45.4 Å². The maximum absolute atomic E-state index is 5.82. The van der Waals surface area contributed by atoms with Gasteiger partial charge in [-0.05, 0) is 32.9 Å². The topological polar surface area (TPSA) is 37.6 Å². The molecule has 1 saturated heterocycles. The highest BCUT2D eigenvalue weighted by Gasteiger charge is 2.22. The molecule has 0 radical (unpaired) electrons. The van der Waals surface area contributed by atoms with Gasteiger partial charge in [0.15, 0.2) is 0 Å². The zero-order valence-electron chi connectivity index (χ0n) is 12.3. The number of hydrogen-bond acceptors (Lipinski definition) is 4. The summed E-state index contributed by atoms with van der Waals surface area (Å²) in [4.78, 5) is 2.48. The third kappa shape index (κ3) is 4.64. The SMILES string of the molecule is CC(Cc1ccco1)NCC1CN(C(C)C)CCO1. The molecule has 4 nitrogen and oxygen atoms in total. The molecule has 1 aliphatic heterocycles. The van der Waals surface area contributed by atoms with Gasteiger partial charge in [0.05, 0.1) is 19.0 Å². The van der Waals surface area contributed by atoms with Crippen molar-refractivity contribution in [1.29, 1.82) is 0 Å². The van der Waals surface area contributed by atoms with Gasteiger partial charge in [-0.1, -0.05) is 0 Å². The van der Waals surface area contributed by atoms with Crippen molar-refractivity contribution in [2.75, 3.05) is 26.2 Å². The van der Waals surface area contributed by atoms with Crippen LogP contribution in [0, 0.1) is 0 Å². The second-order valence-corrected chi connectivity index (χ2v) is 5.67.